The summed E-state index contributed by atoms with van der Waals surface area (Å²) in [5.74, 6) is 1.95. The van der Waals surface area contributed by atoms with Gasteiger partial charge in [-0.05, 0) is 55.4 Å². The molecule has 0 radical (unpaired) electrons. The number of benzene rings is 2. The van der Waals surface area contributed by atoms with Crippen molar-refractivity contribution in [1.82, 2.24) is 20.4 Å². The highest BCUT2D eigenvalue weighted by molar-refractivity contribution is 7.90. The fraction of sp³-hybridized carbons (Fsp3) is 0.364. The minimum absolute atomic E-state index is 0.0459. The van der Waals surface area contributed by atoms with E-state index in [1.807, 2.05) is 43.4 Å². The van der Waals surface area contributed by atoms with Gasteiger partial charge >= 0.3 is 0 Å². The lowest BCUT2D eigenvalue weighted by molar-refractivity contribution is 0.244. The van der Waals surface area contributed by atoms with E-state index in [1.54, 1.807) is 19.2 Å². The first-order valence-corrected chi connectivity index (χ1v) is 11.9. The summed E-state index contributed by atoms with van der Waals surface area (Å²) >= 11 is 0. The quantitative estimate of drug-likeness (QED) is 0.597. The Balaban J connectivity index is 1.37. The van der Waals surface area contributed by atoms with Crippen molar-refractivity contribution in [3.05, 3.63) is 60.0 Å². The van der Waals surface area contributed by atoms with Crippen LogP contribution in [-0.4, -0.2) is 56.5 Å². The molecule has 0 saturated carbocycles. The first-order chi connectivity index (χ1) is 14.8. The number of sulfone groups is 1. The van der Waals surface area contributed by atoms with Gasteiger partial charge < -0.3 is 14.6 Å². The van der Waals surface area contributed by atoms with Crippen molar-refractivity contribution in [3.63, 3.8) is 0 Å². The molecule has 164 valence electrons. The van der Waals surface area contributed by atoms with Crippen molar-refractivity contribution in [1.29, 1.82) is 0 Å². The molecule has 2 atom stereocenters. The molecule has 3 aromatic rings. The summed E-state index contributed by atoms with van der Waals surface area (Å²) in [6.07, 6.45) is 2.06. The van der Waals surface area contributed by atoms with Crippen molar-refractivity contribution in [2.24, 2.45) is 0 Å². The zero-order valence-electron chi connectivity index (χ0n) is 17.8. The highest BCUT2D eigenvalue weighted by atomic mass is 32.2. The summed E-state index contributed by atoms with van der Waals surface area (Å²) in [4.78, 5) is 7.15. The van der Waals surface area contributed by atoms with E-state index in [2.05, 4.69) is 20.4 Å². The molecule has 0 amide bonds. The van der Waals surface area contributed by atoms with E-state index in [4.69, 9.17) is 9.26 Å². The number of likely N-dealkylation sites (tertiary alicyclic amines) is 1. The molecule has 1 aliphatic rings. The number of nitrogens with zero attached hydrogens (tertiary/aromatic N) is 3. The molecular formula is C22H26N4O4S. The van der Waals surface area contributed by atoms with E-state index in [-0.39, 0.29) is 12.1 Å². The summed E-state index contributed by atoms with van der Waals surface area (Å²) in [6, 6.07) is 14.9. The lowest BCUT2D eigenvalue weighted by Crippen LogP contribution is -2.30. The number of likely N-dealkylation sites (N-methyl/N-ethyl adjacent to an activating group) is 1. The molecule has 1 aromatic heterocycles. The van der Waals surface area contributed by atoms with Crippen LogP contribution >= 0.6 is 0 Å². The van der Waals surface area contributed by atoms with Crippen molar-refractivity contribution in [2.45, 2.75) is 29.9 Å². The van der Waals surface area contributed by atoms with Crippen molar-refractivity contribution in [3.8, 4) is 17.1 Å². The van der Waals surface area contributed by atoms with E-state index >= 15 is 0 Å². The van der Waals surface area contributed by atoms with Crippen LogP contribution in [0.3, 0.4) is 0 Å². The number of hydrogen-bond donors (Lipinski definition) is 1. The van der Waals surface area contributed by atoms with Crippen LogP contribution in [0.5, 0.6) is 5.75 Å². The fourth-order valence-corrected chi connectivity index (χ4v) is 4.41. The first kappa shape index (κ1) is 21.5. The van der Waals surface area contributed by atoms with Gasteiger partial charge in [-0.3, -0.25) is 4.90 Å². The maximum atomic E-state index is 11.6. The van der Waals surface area contributed by atoms with Gasteiger partial charge in [0.15, 0.2) is 9.84 Å². The number of ether oxygens (including phenoxy) is 1. The Hall–Kier alpha value is -2.75. The van der Waals surface area contributed by atoms with Crippen LogP contribution in [-0.2, 0) is 16.4 Å². The zero-order valence-corrected chi connectivity index (χ0v) is 18.6. The predicted octanol–water partition coefficient (Wildman–Crippen LogP) is 2.68. The van der Waals surface area contributed by atoms with Crippen molar-refractivity contribution < 1.29 is 17.7 Å². The Morgan fingerprint density at radius 1 is 1.16 bits per heavy atom. The lowest BCUT2D eigenvalue weighted by atomic mass is 10.1. The Kier molecular flexibility index (Phi) is 6.08. The lowest BCUT2D eigenvalue weighted by Gasteiger charge is -2.14. The Morgan fingerprint density at radius 2 is 1.87 bits per heavy atom. The summed E-state index contributed by atoms with van der Waals surface area (Å²) in [7, 11) is 0.504. The fourth-order valence-electron chi connectivity index (χ4n) is 3.78. The molecule has 2 heterocycles. The molecule has 1 saturated heterocycles. The standard InChI is InChI=1S/C22H26N4O4S/c1-26-14-17(23-13-15-4-10-19(11-5-15)31(3,27)28)12-20(26)22-24-21(25-30-22)16-6-8-18(29-2)9-7-16/h4-11,17,20,23H,12-14H2,1-3H3/t17-,20-/m0/s1. The third kappa shape index (κ3) is 4.95. The first-order valence-electron chi connectivity index (χ1n) is 10.0. The number of nitrogens with one attached hydrogen (secondary N) is 1. The number of rotatable bonds is 7. The van der Waals surface area contributed by atoms with Gasteiger partial charge in [-0.25, -0.2) is 8.42 Å². The van der Waals surface area contributed by atoms with Gasteiger partial charge in [0, 0.05) is 31.0 Å². The van der Waals surface area contributed by atoms with Crippen LogP contribution in [0.25, 0.3) is 11.4 Å². The number of aromatic nitrogens is 2. The SMILES string of the molecule is COc1ccc(-c2noc([C@@H]3C[C@H](NCc4ccc(S(C)(=O)=O)cc4)CN3C)n2)cc1. The van der Waals surface area contributed by atoms with E-state index < -0.39 is 9.84 Å². The average Bonchev–Trinajstić information content (AvgIpc) is 3.38. The van der Waals surface area contributed by atoms with Crippen LogP contribution < -0.4 is 10.1 Å². The number of hydrogen-bond acceptors (Lipinski definition) is 8. The Bertz CT molecular complexity index is 1130. The second-order valence-electron chi connectivity index (χ2n) is 7.87. The monoisotopic (exact) mass is 442 g/mol. The Labute approximate surface area is 182 Å². The third-order valence-corrected chi connectivity index (χ3v) is 6.70. The van der Waals surface area contributed by atoms with E-state index in [0.717, 1.165) is 29.8 Å². The van der Waals surface area contributed by atoms with Gasteiger partial charge in [0.25, 0.3) is 0 Å². The van der Waals surface area contributed by atoms with Gasteiger partial charge in [-0.2, -0.15) is 4.98 Å². The third-order valence-electron chi connectivity index (χ3n) is 5.57. The topological polar surface area (TPSA) is 97.6 Å². The van der Waals surface area contributed by atoms with Crippen LogP contribution in [0.15, 0.2) is 57.9 Å². The molecule has 4 rings (SSSR count). The van der Waals surface area contributed by atoms with Gasteiger partial charge in [0.1, 0.15) is 5.75 Å². The van der Waals surface area contributed by atoms with Crippen molar-refractivity contribution in [2.75, 3.05) is 27.0 Å². The highest BCUT2D eigenvalue weighted by Crippen LogP contribution is 2.31. The summed E-state index contributed by atoms with van der Waals surface area (Å²) in [5.41, 5.74) is 1.92. The average molecular weight is 443 g/mol. The van der Waals surface area contributed by atoms with Crippen molar-refractivity contribution >= 4 is 9.84 Å². The molecule has 2 aromatic carbocycles. The molecule has 31 heavy (non-hydrogen) atoms. The van der Waals surface area contributed by atoms with Gasteiger partial charge in [0.05, 0.1) is 18.0 Å². The van der Waals surface area contributed by atoms with Crippen LogP contribution in [0.4, 0.5) is 0 Å². The molecule has 1 N–H and O–H groups in total. The van der Waals surface area contributed by atoms with Gasteiger partial charge in [-0.1, -0.05) is 17.3 Å². The molecule has 8 nitrogen and oxygen atoms in total. The molecule has 1 aliphatic heterocycles. The molecular weight excluding hydrogens is 416 g/mol. The second kappa shape index (κ2) is 8.78. The van der Waals surface area contributed by atoms with Crippen LogP contribution in [0, 0.1) is 0 Å². The predicted molar refractivity (Wildman–Crippen MR) is 116 cm³/mol. The summed E-state index contributed by atoms with van der Waals surface area (Å²) < 4.78 is 33.9. The van der Waals surface area contributed by atoms with Gasteiger partial charge in [-0.15, -0.1) is 0 Å². The smallest absolute Gasteiger partial charge is 0.244 e. The van der Waals surface area contributed by atoms with Gasteiger partial charge in [0.2, 0.25) is 11.7 Å². The molecule has 9 heteroatoms. The molecule has 1 fully saturated rings. The largest absolute Gasteiger partial charge is 0.497 e. The molecule has 0 unspecified atom stereocenters. The summed E-state index contributed by atoms with van der Waals surface area (Å²) in [6.45, 7) is 1.52. The number of methoxy groups -OCH3 is 1. The maximum absolute atomic E-state index is 11.6. The van der Waals surface area contributed by atoms with Crippen LogP contribution in [0.1, 0.15) is 23.9 Å². The minimum atomic E-state index is -3.17. The zero-order chi connectivity index (χ0) is 22.0. The normalized spacial score (nSPS) is 19.6. The second-order valence-corrected chi connectivity index (χ2v) is 9.89. The van der Waals surface area contributed by atoms with E-state index in [0.29, 0.717) is 23.2 Å². The highest BCUT2D eigenvalue weighted by Gasteiger charge is 2.34. The van der Waals surface area contributed by atoms with Crippen LogP contribution in [0.2, 0.25) is 0 Å². The summed E-state index contributed by atoms with van der Waals surface area (Å²) in [5, 5.41) is 7.69. The Morgan fingerprint density at radius 3 is 2.52 bits per heavy atom. The van der Waals surface area contributed by atoms with E-state index in [1.165, 1.54) is 6.26 Å². The molecule has 0 spiro atoms. The molecule has 0 bridgehead atoms. The van der Waals surface area contributed by atoms with E-state index in [9.17, 15) is 8.42 Å². The minimum Gasteiger partial charge on any atom is -0.497 e. The molecule has 0 aliphatic carbocycles. The maximum Gasteiger partial charge on any atom is 0.244 e.